The number of fused-ring (bicyclic) bond motifs is 1. The Morgan fingerprint density at radius 3 is 3.12 bits per heavy atom. The summed E-state index contributed by atoms with van der Waals surface area (Å²) in [7, 11) is 0. The maximum atomic E-state index is 6.05. The second-order valence-electron chi connectivity index (χ2n) is 5.96. The molecule has 1 saturated heterocycles. The van der Waals surface area contributed by atoms with Crippen molar-refractivity contribution in [2.75, 3.05) is 6.54 Å². The molecule has 0 radical (unpaired) electrons. The highest BCUT2D eigenvalue weighted by atomic mass is 35.5. The molecule has 126 valence electrons. The van der Waals surface area contributed by atoms with Gasteiger partial charge in [0, 0.05) is 19.3 Å². The van der Waals surface area contributed by atoms with E-state index in [2.05, 4.69) is 20.4 Å². The summed E-state index contributed by atoms with van der Waals surface area (Å²) in [6, 6.07) is 3.75. The second kappa shape index (κ2) is 6.51. The zero-order valence-electron chi connectivity index (χ0n) is 13.3. The van der Waals surface area contributed by atoms with E-state index in [9.17, 15) is 0 Å². The summed E-state index contributed by atoms with van der Waals surface area (Å²) in [6.07, 6.45) is 5.66. The van der Waals surface area contributed by atoms with Gasteiger partial charge in [-0.25, -0.2) is 4.98 Å². The Balaban J connectivity index is 1.32. The van der Waals surface area contributed by atoms with Crippen LogP contribution in [-0.4, -0.2) is 32.2 Å². The molecule has 0 aliphatic carbocycles. The quantitative estimate of drug-likeness (QED) is 0.764. The van der Waals surface area contributed by atoms with E-state index in [-0.39, 0.29) is 12.2 Å². The van der Waals surface area contributed by atoms with Crippen LogP contribution in [0.15, 0.2) is 29.0 Å². The Hall–Kier alpha value is -1.96. The molecule has 0 spiro atoms. The standard InChI is InChI=1S/C16H18ClN5O2/c1-10-20-16(24-21-10)14-4-3-13(23-14)8-18-6-12-7-19-15-5-2-11(17)9-22(12)15/h2,5,7,9,13-14,18H,3-4,6,8H2,1H3/t13-,14+/m1/s1. The van der Waals surface area contributed by atoms with Gasteiger partial charge in [0.15, 0.2) is 5.82 Å². The van der Waals surface area contributed by atoms with Gasteiger partial charge in [-0.3, -0.25) is 0 Å². The lowest BCUT2D eigenvalue weighted by Crippen LogP contribution is -2.26. The number of aromatic nitrogens is 4. The lowest BCUT2D eigenvalue weighted by atomic mass is 10.2. The van der Waals surface area contributed by atoms with Crippen molar-refractivity contribution in [1.29, 1.82) is 0 Å². The number of aryl methyl sites for hydroxylation is 1. The summed E-state index contributed by atoms with van der Waals surface area (Å²) in [5.41, 5.74) is 1.95. The normalized spacial score (nSPS) is 20.9. The Labute approximate surface area is 144 Å². The number of imidazole rings is 1. The smallest absolute Gasteiger partial charge is 0.255 e. The Morgan fingerprint density at radius 1 is 1.38 bits per heavy atom. The molecular weight excluding hydrogens is 330 g/mol. The van der Waals surface area contributed by atoms with Crippen molar-refractivity contribution in [3.05, 3.63) is 47.0 Å². The topological polar surface area (TPSA) is 77.5 Å². The molecule has 4 heterocycles. The number of rotatable bonds is 5. The van der Waals surface area contributed by atoms with Gasteiger partial charge in [0.1, 0.15) is 11.8 Å². The molecule has 0 amide bonds. The highest BCUT2D eigenvalue weighted by Crippen LogP contribution is 2.31. The Bertz CT molecular complexity index is 846. The molecule has 24 heavy (non-hydrogen) atoms. The minimum atomic E-state index is -0.0902. The largest absolute Gasteiger partial charge is 0.364 e. The van der Waals surface area contributed by atoms with Gasteiger partial charge in [-0.2, -0.15) is 4.98 Å². The van der Waals surface area contributed by atoms with Gasteiger partial charge in [0.25, 0.3) is 5.89 Å². The van der Waals surface area contributed by atoms with E-state index >= 15 is 0 Å². The van der Waals surface area contributed by atoms with Crippen LogP contribution in [0.25, 0.3) is 5.65 Å². The number of nitrogens with one attached hydrogen (secondary N) is 1. The van der Waals surface area contributed by atoms with Gasteiger partial charge < -0.3 is 19.0 Å². The van der Waals surface area contributed by atoms with Gasteiger partial charge >= 0.3 is 0 Å². The summed E-state index contributed by atoms with van der Waals surface area (Å²) in [6.45, 7) is 3.27. The average Bonchev–Trinajstić information content (AvgIpc) is 3.28. The number of nitrogens with zero attached hydrogens (tertiary/aromatic N) is 4. The Kier molecular flexibility index (Phi) is 4.22. The molecule has 0 unspecified atom stereocenters. The number of halogens is 1. The van der Waals surface area contributed by atoms with Crippen LogP contribution in [0.3, 0.4) is 0 Å². The zero-order valence-corrected chi connectivity index (χ0v) is 14.0. The number of ether oxygens (including phenoxy) is 1. The van der Waals surface area contributed by atoms with Gasteiger partial charge in [-0.05, 0) is 31.9 Å². The molecule has 7 nitrogen and oxygen atoms in total. The predicted octanol–water partition coefficient (Wildman–Crippen LogP) is 2.69. The van der Waals surface area contributed by atoms with E-state index in [0.717, 1.165) is 30.7 Å². The molecule has 1 aliphatic heterocycles. The SMILES string of the molecule is Cc1noc([C@@H]2CC[C@H](CNCc3cnc4ccc(Cl)cn34)O2)n1. The van der Waals surface area contributed by atoms with Crippen molar-refractivity contribution in [1.82, 2.24) is 24.8 Å². The van der Waals surface area contributed by atoms with Crippen LogP contribution in [0.5, 0.6) is 0 Å². The van der Waals surface area contributed by atoms with Crippen LogP contribution in [0.1, 0.15) is 36.4 Å². The fourth-order valence-corrected chi connectivity index (χ4v) is 3.14. The lowest BCUT2D eigenvalue weighted by Gasteiger charge is -2.12. The molecule has 1 fully saturated rings. The monoisotopic (exact) mass is 347 g/mol. The number of hydrogen-bond donors (Lipinski definition) is 1. The molecular formula is C16H18ClN5O2. The molecule has 3 aromatic rings. The molecule has 1 aliphatic rings. The first-order valence-electron chi connectivity index (χ1n) is 7.97. The average molecular weight is 348 g/mol. The molecule has 3 aromatic heterocycles. The van der Waals surface area contributed by atoms with E-state index in [1.165, 1.54) is 0 Å². The summed E-state index contributed by atoms with van der Waals surface area (Å²) >= 11 is 6.05. The van der Waals surface area contributed by atoms with E-state index < -0.39 is 0 Å². The summed E-state index contributed by atoms with van der Waals surface area (Å²) in [5.74, 6) is 1.22. The van der Waals surface area contributed by atoms with E-state index in [0.29, 0.717) is 23.3 Å². The maximum absolute atomic E-state index is 6.05. The summed E-state index contributed by atoms with van der Waals surface area (Å²) in [5, 5.41) is 7.93. The van der Waals surface area contributed by atoms with Crippen LogP contribution in [0.4, 0.5) is 0 Å². The van der Waals surface area contributed by atoms with Crippen molar-refractivity contribution in [3.63, 3.8) is 0 Å². The van der Waals surface area contributed by atoms with Crippen molar-refractivity contribution in [3.8, 4) is 0 Å². The first kappa shape index (κ1) is 15.6. The number of hydrogen-bond acceptors (Lipinski definition) is 6. The van der Waals surface area contributed by atoms with Gasteiger partial charge in [-0.15, -0.1) is 0 Å². The molecule has 0 saturated carbocycles. The third-order valence-corrected chi connectivity index (χ3v) is 4.37. The van der Waals surface area contributed by atoms with E-state index in [1.54, 1.807) is 0 Å². The van der Waals surface area contributed by atoms with Crippen LogP contribution in [0, 0.1) is 6.92 Å². The molecule has 8 heteroatoms. The fraction of sp³-hybridized carbons (Fsp3) is 0.438. The highest BCUT2D eigenvalue weighted by molar-refractivity contribution is 6.30. The van der Waals surface area contributed by atoms with E-state index in [1.807, 2.05) is 35.9 Å². The van der Waals surface area contributed by atoms with Gasteiger partial charge in [0.05, 0.1) is 23.0 Å². The third kappa shape index (κ3) is 3.15. The minimum absolute atomic E-state index is 0.0902. The van der Waals surface area contributed by atoms with Crippen molar-refractivity contribution >= 4 is 17.2 Å². The molecule has 0 bridgehead atoms. The fourth-order valence-electron chi connectivity index (χ4n) is 2.98. The van der Waals surface area contributed by atoms with Crippen LogP contribution in [0.2, 0.25) is 5.02 Å². The van der Waals surface area contributed by atoms with E-state index in [4.69, 9.17) is 20.9 Å². The lowest BCUT2D eigenvalue weighted by molar-refractivity contribution is 0.0263. The molecule has 0 aromatic carbocycles. The molecule has 1 N–H and O–H groups in total. The number of pyridine rings is 1. The van der Waals surface area contributed by atoms with Crippen LogP contribution >= 0.6 is 11.6 Å². The van der Waals surface area contributed by atoms with Crippen molar-refractivity contribution in [2.45, 2.75) is 38.5 Å². The first-order chi connectivity index (χ1) is 11.7. The van der Waals surface area contributed by atoms with Gasteiger partial charge in [-0.1, -0.05) is 16.8 Å². The minimum Gasteiger partial charge on any atom is -0.364 e. The predicted molar refractivity (Wildman–Crippen MR) is 87.8 cm³/mol. The van der Waals surface area contributed by atoms with Crippen LogP contribution in [-0.2, 0) is 11.3 Å². The van der Waals surface area contributed by atoms with Crippen LogP contribution < -0.4 is 5.32 Å². The summed E-state index contributed by atoms with van der Waals surface area (Å²) in [4.78, 5) is 8.61. The molecule has 4 rings (SSSR count). The Morgan fingerprint density at radius 2 is 2.29 bits per heavy atom. The van der Waals surface area contributed by atoms with Crippen molar-refractivity contribution < 1.29 is 9.26 Å². The highest BCUT2D eigenvalue weighted by Gasteiger charge is 2.30. The second-order valence-corrected chi connectivity index (χ2v) is 6.40. The third-order valence-electron chi connectivity index (χ3n) is 4.15. The summed E-state index contributed by atoms with van der Waals surface area (Å²) < 4.78 is 13.2. The zero-order chi connectivity index (χ0) is 16.5. The first-order valence-corrected chi connectivity index (χ1v) is 8.35. The maximum Gasteiger partial charge on any atom is 0.255 e. The molecule has 2 atom stereocenters. The van der Waals surface area contributed by atoms with Gasteiger partial charge in [0.2, 0.25) is 0 Å². The van der Waals surface area contributed by atoms with Crippen molar-refractivity contribution in [2.24, 2.45) is 0 Å².